The number of methoxy groups -OCH3 is 1. The Bertz CT molecular complexity index is 1180. The SMILES string of the molecule is COc1cc(C2N=c3ccccc3=C3C(=O)NC(SC)=NN32)ccc1OCC(=O)O. The molecule has 1 amide bonds. The number of hydrogen-bond acceptors (Lipinski definition) is 8. The minimum absolute atomic E-state index is 0.255. The van der Waals surface area contributed by atoms with Crippen molar-refractivity contribution in [2.75, 3.05) is 20.0 Å². The zero-order valence-corrected chi connectivity index (χ0v) is 17.0. The molecule has 9 nitrogen and oxygen atoms in total. The summed E-state index contributed by atoms with van der Waals surface area (Å²) in [6, 6.07) is 12.5. The van der Waals surface area contributed by atoms with Gasteiger partial charge < -0.3 is 14.6 Å². The highest BCUT2D eigenvalue weighted by Gasteiger charge is 2.34. The van der Waals surface area contributed by atoms with Gasteiger partial charge in [-0.3, -0.25) is 15.1 Å². The van der Waals surface area contributed by atoms with Crippen molar-refractivity contribution in [1.29, 1.82) is 0 Å². The van der Waals surface area contributed by atoms with Crippen LogP contribution in [0.1, 0.15) is 11.7 Å². The van der Waals surface area contributed by atoms with E-state index in [-0.39, 0.29) is 5.91 Å². The maximum absolute atomic E-state index is 12.8. The minimum Gasteiger partial charge on any atom is -0.493 e. The second-order valence-corrected chi connectivity index (χ2v) is 7.16. The molecule has 1 atom stereocenters. The Morgan fingerprint density at radius 2 is 2.07 bits per heavy atom. The third kappa shape index (κ3) is 3.57. The lowest BCUT2D eigenvalue weighted by Gasteiger charge is -2.34. The van der Waals surface area contributed by atoms with E-state index in [2.05, 4.69) is 10.4 Å². The van der Waals surface area contributed by atoms with Gasteiger partial charge in [-0.1, -0.05) is 36.0 Å². The summed E-state index contributed by atoms with van der Waals surface area (Å²) in [6.07, 6.45) is 1.22. The first-order valence-electron chi connectivity index (χ1n) is 8.94. The number of nitrogens with one attached hydrogen (secondary N) is 1. The molecule has 30 heavy (non-hydrogen) atoms. The van der Waals surface area contributed by atoms with E-state index >= 15 is 0 Å². The van der Waals surface area contributed by atoms with Gasteiger partial charge in [-0.15, -0.1) is 5.10 Å². The number of aliphatic carboxylic acids is 1. The molecular weight excluding hydrogens is 408 g/mol. The predicted molar refractivity (Wildman–Crippen MR) is 110 cm³/mol. The number of ether oxygens (including phenoxy) is 2. The topological polar surface area (TPSA) is 113 Å². The van der Waals surface area contributed by atoms with E-state index in [1.54, 1.807) is 23.2 Å². The van der Waals surface area contributed by atoms with Crippen LogP contribution in [-0.4, -0.2) is 47.1 Å². The smallest absolute Gasteiger partial charge is 0.341 e. The Morgan fingerprint density at radius 3 is 2.80 bits per heavy atom. The molecule has 2 aromatic carbocycles. The van der Waals surface area contributed by atoms with Crippen LogP contribution in [0.3, 0.4) is 0 Å². The molecule has 154 valence electrons. The fourth-order valence-corrected chi connectivity index (χ4v) is 3.60. The lowest BCUT2D eigenvalue weighted by Crippen LogP contribution is -2.50. The maximum Gasteiger partial charge on any atom is 0.341 e. The van der Waals surface area contributed by atoms with Crippen LogP contribution < -0.4 is 25.4 Å². The maximum atomic E-state index is 12.8. The molecule has 2 heterocycles. The third-order valence-electron chi connectivity index (χ3n) is 4.55. The van der Waals surface area contributed by atoms with Gasteiger partial charge in [-0.2, -0.15) is 0 Å². The summed E-state index contributed by atoms with van der Waals surface area (Å²) in [7, 11) is 1.47. The Hall–Kier alpha value is -3.53. The fraction of sp³-hybridized carbons (Fsp3) is 0.200. The summed E-state index contributed by atoms with van der Waals surface area (Å²) >= 11 is 1.32. The van der Waals surface area contributed by atoms with Gasteiger partial charge in [0.25, 0.3) is 5.91 Å². The molecule has 2 aliphatic rings. The molecule has 0 saturated carbocycles. The average molecular weight is 426 g/mol. The van der Waals surface area contributed by atoms with Crippen LogP contribution in [0.2, 0.25) is 0 Å². The number of nitrogens with zero attached hydrogens (tertiary/aromatic N) is 3. The van der Waals surface area contributed by atoms with Crippen molar-refractivity contribution in [3.63, 3.8) is 0 Å². The second kappa shape index (κ2) is 8.07. The monoisotopic (exact) mass is 426 g/mol. The zero-order valence-electron chi connectivity index (χ0n) is 16.2. The molecule has 10 heteroatoms. The van der Waals surface area contributed by atoms with Crippen LogP contribution in [0.5, 0.6) is 11.5 Å². The molecule has 4 rings (SSSR count). The van der Waals surface area contributed by atoms with Crippen LogP contribution in [-0.2, 0) is 9.59 Å². The normalized spacial score (nSPS) is 17.2. The van der Waals surface area contributed by atoms with Crippen LogP contribution in [0.4, 0.5) is 0 Å². The number of carboxylic acids is 1. The minimum atomic E-state index is -1.09. The second-order valence-electron chi connectivity index (χ2n) is 6.37. The first-order valence-corrected chi connectivity index (χ1v) is 10.2. The van der Waals surface area contributed by atoms with Gasteiger partial charge in [0.15, 0.2) is 29.4 Å². The van der Waals surface area contributed by atoms with Crippen LogP contribution in [0.25, 0.3) is 5.70 Å². The van der Waals surface area contributed by atoms with Crippen molar-refractivity contribution in [3.8, 4) is 11.5 Å². The number of hydrogen-bond donors (Lipinski definition) is 2. The number of amides is 1. The zero-order chi connectivity index (χ0) is 21.3. The number of rotatable bonds is 5. The van der Waals surface area contributed by atoms with Gasteiger partial charge in [-0.05, 0) is 24.5 Å². The molecule has 0 fully saturated rings. The average Bonchev–Trinajstić information content (AvgIpc) is 2.76. The molecule has 0 saturated heterocycles. The molecule has 1 unspecified atom stereocenters. The van der Waals surface area contributed by atoms with Crippen molar-refractivity contribution in [3.05, 3.63) is 58.6 Å². The standard InChI is InChI=1S/C20H18N4O5S/c1-28-15-9-11(7-8-14(15)29-10-16(25)26)18-21-13-6-4-3-5-12(13)17-19(27)22-20(30-2)23-24(17)18/h3-9,18H,10H2,1-2H3,(H,25,26)(H,22,23,27). The van der Waals surface area contributed by atoms with E-state index in [1.165, 1.54) is 18.9 Å². The number of hydrazone groups is 1. The number of fused-ring (bicyclic) bond motifs is 2. The number of thioether (sulfide) groups is 1. The fourth-order valence-electron chi connectivity index (χ4n) is 3.24. The molecule has 0 spiro atoms. The van der Waals surface area contributed by atoms with Gasteiger partial charge in [0.1, 0.15) is 5.70 Å². The number of benzene rings is 2. The lowest BCUT2D eigenvalue weighted by atomic mass is 10.1. The van der Waals surface area contributed by atoms with Gasteiger partial charge in [0.2, 0.25) is 0 Å². The molecule has 0 aliphatic carbocycles. The Labute approximate surface area is 175 Å². The highest BCUT2D eigenvalue weighted by molar-refractivity contribution is 8.13. The van der Waals surface area contributed by atoms with E-state index in [0.29, 0.717) is 38.5 Å². The Morgan fingerprint density at radius 1 is 1.27 bits per heavy atom. The largest absolute Gasteiger partial charge is 0.493 e. The highest BCUT2D eigenvalue weighted by Crippen LogP contribution is 2.35. The molecule has 2 aromatic rings. The number of para-hydroxylation sites is 1. The first-order chi connectivity index (χ1) is 14.5. The molecule has 2 N–H and O–H groups in total. The summed E-state index contributed by atoms with van der Waals surface area (Å²) in [4.78, 5) is 28.4. The number of carbonyl (C=O) groups is 2. The van der Waals surface area contributed by atoms with Crippen LogP contribution in [0.15, 0.2) is 52.6 Å². The molecule has 2 aliphatic heterocycles. The first kappa shape index (κ1) is 19.8. The molecule has 0 bridgehead atoms. The summed E-state index contributed by atoms with van der Waals surface area (Å²) in [6.45, 7) is -0.484. The summed E-state index contributed by atoms with van der Waals surface area (Å²) in [5, 5.41) is 19.6. The van der Waals surface area contributed by atoms with Crippen molar-refractivity contribution in [2.45, 2.75) is 6.17 Å². The summed E-state index contributed by atoms with van der Waals surface area (Å²) < 4.78 is 10.7. The third-order valence-corrected chi connectivity index (χ3v) is 5.12. The Kier molecular flexibility index (Phi) is 5.32. The van der Waals surface area contributed by atoms with Gasteiger partial charge in [0, 0.05) is 10.8 Å². The summed E-state index contributed by atoms with van der Waals surface area (Å²) in [5.74, 6) is -0.679. The van der Waals surface area contributed by atoms with Crippen molar-refractivity contribution >= 4 is 34.5 Å². The Balaban J connectivity index is 1.83. The van der Waals surface area contributed by atoms with Gasteiger partial charge in [0.05, 0.1) is 12.5 Å². The highest BCUT2D eigenvalue weighted by atomic mass is 32.2. The van der Waals surface area contributed by atoms with Crippen LogP contribution in [0, 0.1) is 0 Å². The van der Waals surface area contributed by atoms with Crippen molar-refractivity contribution in [1.82, 2.24) is 10.3 Å². The predicted octanol–water partition coefficient (Wildman–Crippen LogP) is 0.665. The number of amidine groups is 1. The molecule has 0 radical (unpaired) electrons. The number of carbonyl (C=O) groups excluding carboxylic acids is 1. The summed E-state index contributed by atoms with van der Waals surface area (Å²) in [5.41, 5.74) is 1.12. The number of carboxylic acid groups (broad SMARTS) is 1. The van der Waals surface area contributed by atoms with Gasteiger partial charge >= 0.3 is 5.97 Å². The van der Waals surface area contributed by atoms with Crippen LogP contribution >= 0.6 is 11.8 Å². The van der Waals surface area contributed by atoms with E-state index in [0.717, 1.165) is 0 Å². The van der Waals surface area contributed by atoms with E-state index in [4.69, 9.17) is 19.6 Å². The van der Waals surface area contributed by atoms with Crippen molar-refractivity contribution < 1.29 is 24.2 Å². The van der Waals surface area contributed by atoms with E-state index < -0.39 is 18.7 Å². The van der Waals surface area contributed by atoms with Gasteiger partial charge in [-0.25, -0.2) is 9.80 Å². The molecular formula is C20H18N4O5S. The molecule has 0 aromatic heterocycles. The van der Waals surface area contributed by atoms with Crippen molar-refractivity contribution in [2.24, 2.45) is 10.1 Å². The quantitative estimate of drug-likeness (QED) is 0.722. The lowest BCUT2D eigenvalue weighted by molar-refractivity contribution is -0.139. The van der Waals surface area contributed by atoms with E-state index in [9.17, 15) is 9.59 Å². The van der Waals surface area contributed by atoms with E-state index in [1.807, 2.05) is 30.5 Å².